The normalized spacial score (nSPS) is 17.4. The Labute approximate surface area is 106 Å². The maximum absolute atomic E-state index is 11.1. The van der Waals surface area contributed by atoms with Gasteiger partial charge < -0.3 is 10.7 Å². The first-order valence-corrected chi connectivity index (χ1v) is 6.08. The van der Waals surface area contributed by atoms with Gasteiger partial charge in [-0.05, 0) is 31.9 Å². The number of hydrogen-bond acceptors (Lipinski definition) is 5. The molecule has 1 saturated carbocycles. The van der Waals surface area contributed by atoms with Crippen LogP contribution in [-0.2, 0) is 0 Å². The van der Waals surface area contributed by atoms with Gasteiger partial charge in [-0.2, -0.15) is 0 Å². The van der Waals surface area contributed by atoms with Gasteiger partial charge in [-0.25, -0.2) is 0 Å². The first kappa shape index (κ1) is 12.6. The highest BCUT2D eigenvalue weighted by molar-refractivity contribution is 5.76. The Kier molecular flexibility index (Phi) is 3.38. The van der Waals surface area contributed by atoms with E-state index in [2.05, 4.69) is 17.7 Å². The molecule has 0 bridgehead atoms. The fourth-order valence-corrected chi connectivity index (χ4v) is 2.56. The molecule has 0 aliphatic heterocycles. The van der Waals surface area contributed by atoms with Crippen molar-refractivity contribution < 1.29 is 4.92 Å². The average Bonchev–Trinajstić information content (AvgIpc) is 2.75. The lowest BCUT2D eigenvalue weighted by Gasteiger charge is -2.26. The van der Waals surface area contributed by atoms with Crippen LogP contribution in [0.1, 0.15) is 32.6 Å². The maximum atomic E-state index is 11.1. The highest BCUT2D eigenvalue weighted by atomic mass is 16.6. The first-order chi connectivity index (χ1) is 8.56. The van der Waals surface area contributed by atoms with E-state index in [1.807, 2.05) is 0 Å². The van der Waals surface area contributed by atoms with Crippen molar-refractivity contribution in [3.05, 3.63) is 28.3 Å². The van der Waals surface area contributed by atoms with Crippen molar-refractivity contribution in [3.8, 4) is 0 Å². The van der Waals surface area contributed by atoms with Gasteiger partial charge in [-0.1, -0.05) is 18.9 Å². The quantitative estimate of drug-likeness (QED) is 0.434. The van der Waals surface area contributed by atoms with Gasteiger partial charge in [-0.3, -0.25) is 16.0 Å². The van der Waals surface area contributed by atoms with Crippen LogP contribution in [0.4, 0.5) is 17.1 Å². The van der Waals surface area contributed by atoms with Crippen molar-refractivity contribution in [1.82, 2.24) is 0 Å². The number of nitrogens with one attached hydrogen (secondary N) is 2. The monoisotopic (exact) mass is 250 g/mol. The van der Waals surface area contributed by atoms with Crippen molar-refractivity contribution in [2.24, 2.45) is 5.84 Å². The van der Waals surface area contributed by atoms with Crippen LogP contribution in [0.25, 0.3) is 0 Å². The highest BCUT2D eigenvalue weighted by Crippen LogP contribution is 2.38. The number of nitrogen functional groups attached to an aromatic ring is 1. The number of para-hydroxylation sites is 1. The predicted molar refractivity (Wildman–Crippen MR) is 71.4 cm³/mol. The zero-order valence-corrected chi connectivity index (χ0v) is 10.4. The molecule has 6 heteroatoms. The largest absolute Gasteiger partial charge is 0.374 e. The molecule has 98 valence electrons. The maximum Gasteiger partial charge on any atom is 0.316 e. The van der Waals surface area contributed by atoms with E-state index in [9.17, 15) is 10.1 Å². The number of nitrogens with two attached hydrogens (primary N) is 1. The number of nitro benzene ring substituents is 1. The molecule has 4 N–H and O–H groups in total. The van der Waals surface area contributed by atoms with E-state index in [1.165, 1.54) is 0 Å². The molecular formula is C12H18N4O2. The molecule has 0 heterocycles. The molecule has 1 aromatic rings. The lowest BCUT2D eigenvalue weighted by molar-refractivity contribution is -0.383. The van der Waals surface area contributed by atoms with Crippen LogP contribution in [0, 0.1) is 10.1 Å². The lowest BCUT2D eigenvalue weighted by atomic mass is 10.00. The summed E-state index contributed by atoms with van der Waals surface area (Å²) in [6.07, 6.45) is 4.38. The summed E-state index contributed by atoms with van der Waals surface area (Å²) in [7, 11) is 0. The second-order valence-electron chi connectivity index (χ2n) is 5.00. The van der Waals surface area contributed by atoms with E-state index in [4.69, 9.17) is 5.84 Å². The summed E-state index contributed by atoms with van der Waals surface area (Å²) >= 11 is 0. The van der Waals surface area contributed by atoms with Crippen LogP contribution in [-0.4, -0.2) is 10.5 Å². The molecule has 0 radical (unpaired) electrons. The number of benzene rings is 1. The third-order valence-electron chi connectivity index (χ3n) is 3.52. The van der Waals surface area contributed by atoms with Gasteiger partial charge in [-0.15, -0.1) is 0 Å². The number of rotatable bonds is 4. The molecule has 6 nitrogen and oxygen atoms in total. The van der Waals surface area contributed by atoms with Crippen LogP contribution in [0.5, 0.6) is 0 Å². The van der Waals surface area contributed by atoms with E-state index in [0.717, 1.165) is 25.7 Å². The summed E-state index contributed by atoms with van der Waals surface area (Å²) < 4.78 is 0. The van der Waals surface area contributed by atoms with Crippen LogP contribution in [0.3, 0.4) is 0 Å². The van der Waals surface area contributed by atoms with Gasteiger partial charge in [0.1, 0.15) is 11.4 Å². The molecule has 2 rings (SSSR count). The Bertz CT molecular complexity index is 455. The minimum Gasteiger partial charge on any atom is -0.374 e. The molecular weight excluding hydrogens is 232 g/mol. The van der Waals surface area contributed by atoms with Crippen molar-refractivity contribution in [3.63, 3.8) is 0 Å². The number of nitro groups is 1. The molecule has 1 fully saturated rings. The SMILES string of the molecule is CC1(Nc2cccc(NN)c2[N+](=O)[O-])CCCC1. The minimum atomic E-state index is -0.407. The molecule has 0 atom stereocenters. The van der Waals surface area contributed by atoms with Gasteiger partial charge in [0, 0.05) is 5.54 Å². The first-order valence-electron chi connectivity index (χ1n) is 6.08. The zero-order chi connectivity index (χ0) is 13.2. The standard InChI is InChI=1S/C12H18N4O2/c1-12(7-2-3-8-12)14-9-5-4-6-10(15-13)11(9)16(17)18/h4-6,14-15H,2-3,7-8,13H2,1H3. The van der Waals surface area contributed by atoms with Crippen molar-refractivity contribution >= 4 is 17.1 Å². The van der Waals surface area contributed by atoms with Gasteiger partial charge in [0.15, 0.2) is 0 Å². The van der Waals surface area contributed by atoms with Crippen LogP contribution in [0.2, 0.25) is 0 Å². The summed E-state index contributed by atoms with van der Waals surface area (Å²) in [6.45, 7) is 2.10. The fraction of sp³-hybridized carbons (Fsp3) is 0.500. The van der Waals surface area contributed by atoms with Gasteiger partial charge in [0.05, 0.1) is 4.92 Å². The van der Waals surface area contributed by atoms with E-state index >= 15 is 0 Å². The van der Waals surface area contributed by atoms with E-state index < -0.39 is 4.92 Å². The Hall–Kier alpha value is -1.82. The second-order valence-corrected chi connectivity index (χ2v) is 5.00. The molecule has 1 aliphatic carbocycles. The third-order valence-corrected chi connectivity index (χ3v) is 3.52. The predicted octanol–water partition coefficient (Wildman–Crippen LogP) is 2.63. The molecule has 1 aliphatic rings. The highest BCUT2D eigenvalue weighted by Gasteiger charge is 2.31. The second kappa shape index (κ2) is 4.81. The van der Waals surface area contributed by atoms with Crippen LogP contribution >= 0.6 is 0 Å². The third kappa shape index (κ3) is 2.38. The van der Waals surface area contributed by atoms with Crippen LogP contribution < -0.4 is 16.6 Å². The Morgan fingerprint density at radius 1 is 1.33 bits per heavy atom. The van der Waals surface area contributed by atoms with Crippen molar-refractivity contribution in [2.75, 3.05) is 10.7 Å². The summed E-state index contributed by atoms with van der Waals surface area (Å²) in [6, 6.07) is 5.08. The number of hydrogen-bond donors (Lipinski definition) is 3. The molecule has 1 aromatic carbocycles. The summed E-state index contributed by atoms with van der Waals surface area (Å²) in [5.41, 5.74) is 3.18. The van der Waals surface area contributed by atoms with E-state index in [1.54, 1.807) is 18.2 Å². The fourth-order valence-electron chi connectivity index (χ4n) is 2.56. The zero-order valence-electron chi connectivity index (χ0n) is 10.4. The Balaban J connectivity index is 2.35. The Morgan fingerprint density at radius 2 is 1.94 bits per heavy atom. The number of nitrogens with zero attached hydrogens (tertiary/aromatic N) is 1. The molecule has 0 aromatic heterocycles. The minimum absolute atomic E-state index is 0.00752. The molecule has 0 spiro atoms. The number of hydrazine groups is 1. The lowest BCUT2D eigenvalue weighted by Crippen LogP contribution is -2.31. The smallest absolute Gasteiger partial charge is 0.316 e. The van der Waals surface area contributed by atoms with E-state index in [-0.39, 0.29) is 11.2 Å². The summed E-state index contributed by atoms with van der Waals surface area (Å²) in [5, 5.41) is 14.5. The summed E-state index contributed by atoms with van der Waals surface area (Å²) in [4.78, 5) is 10.7. The van der Waals surface area contributed by atoms with Crippen LogP contribution in [0.15, 0.2) is 18.2 Å². The molecule has 18 heavy (non-hydrogen) atoms. The average molecular weight is 250 g/mol. The van der Waals surface area contributed by atoms with Gasteiger partial charge in [0.2, 0.25) is 0 Å². The van der Waals surface area contributed by atoms with Crippen molar-refractivity contribution in [2.45, 2.75) is 38.1 Å². The topological polar surface area (TPSA) is 93.2 Å². The van der Waals surface area contributed by atoms with E-state index in [0.29, 0.717) is 11.4 Å². The van der Waals surface area contributed by atoms with Crippen molar-refractivity contribution in [1.29, 1.82) is 0 Å². The molecule has 0 saturated heterocycles. The number of anilines is 2. The van der Waals surface area contributed by atoms with Gasteiger partial charge in [0.25, 0.3) is 0 Å². The molecule has 0 amide bonds. The summed E-state index contributed by atoms with van der Waals surface area (Å²) in [5.74, 6) is 5.32. The van der Waals surface area contributed by atoms with Gasteiger partial charge >= 0.3 is 5.69 Å². The molecule has 0 unspecified atom stereocenters. The Morgan fingerprint density at radius 3 is 2.50 bits per heavy atom.